The number of pyridine rings is 1. The van der Waals surface area contributed by atoms with E-state index in [2.05, 4.69) is 20.1 Å². The second-order valence-electron chi connectivity index (χ2n) is 7.70. The predicted molar refractivity (Wildman–Crippen MR) is 127 cm³/mol. The Morgan fingerprint density at radius 1 is 1.12 bits per heavy atom. The Bertz CT molecular complexity index is 1430. The summed E-state index contributed by atoms with van der Waals surface area (Å²) in [6.07, 6.45) is 9.64. The van der Waals surface area contributed by atoms with Crippen LogP contribution in [0.2, 0.25) is 0 Å². The van der Waals surface area contributed by atoms with E-state index >= 15 is 4.39 Å². The summed E-state index contributed by atoms with van der Waals surface area (Å²) in [5, 5.41) is 4.19. The monoisotopic (exact) mass is 459 g/mol. The van der Waals surface area contributed by atoms with Gasteiger partial charge in [-0.25, -0.2) is 14.4 Å². The molecular weight excluding hydrogens is 437 g/mol. The molecule has 5 rings (SSSR count). The molecule has 0 spiro atoms. The smallest absolute Gasteiger partial charge is 0.188 e. The number of hydrogen-bond acceptors (Lipinski definition) is 8. The van der Waals surface area contributed by atoms with Gasteiger partial charge in [-0.05, 0) is 12.1 Å². The number of halogens is 1. The molecule has 0 atom stereocenters. The van der Waals surface area contributed by atoms with Gasteiger partial charge in [-0.15, -0.1) is 0 Å². The molecule has 0 fully saturated rings. The van der Waals surface area contributed by atoms with Gasteiger partial charge in [0, 0.05) is 49.3 Å². The fraction of sp³-hybridized carbons (Fsp3) is 0.208. The molecule has 0 bridgehead atoms. The quantitative estimate of drug-likeness (QED) is 0.411. The van der Waals surface area contributed by atoms with Gasteiger partial charge in [-0.3, -0.25) is 14.7 Å². The molecule has 9 nitrogen and oxygen atoms in total. The van der Waals surface area contributed by atoms with Gasteiger partial charge >= 0.3 is 0 Å². The van der Waals surface area contributed by atoms with E-state index in [1.165, 1.54) is 20.3 Å². The Balaban J connectivity index is 1.63. The van der Waals surface area contributed by atoms with Crippen LogP contribution in [-0.4, -0.2) is 51.2 Å². The van der Waals surface area contributed by atoms with Gasteiger partial charge in [0.05, 0.1) is 44.5 Å². The van der Waals surface area contributed by atoms with Crippen LogP contribution in [0.15, 0.2) is 60.1 Å². The van der Waals surface area contributed by atoms with Crippen molar-refractivity contribution in [3.63, 3.8) is 0 Å². The molecule has 4 aromatic rings. The summed E-state index contributed by atoms with van der Waals surface area (Å²) in [5.41, 5.74) is 3.67. The fourth-order valence-corrected chi connectivity index (χ4v) is 3.73. The summed E-state index contributed by atoms with van der Waals surface area (Å²) in [6.45, 7) is 0.328. The number of nitrogens with zero attached hydrogens (tertiary/aromatic N) is 7. The minimum atomic E-state index is -0.521. The van der Waals surface area contributed by atoms with Gasteiger partial charge in [0.25, 0.3) is 0 Å². The van der Waals surface area contributed by atoms with Crippen LogP contribution in [0.3, 0.4) is 0 Å². The van der Waals surface area contributed by atoms with E-state index in [9.17, 15) is 0 Å². The molecule has 3 aromatic heterocycles. The molecule has 0 saturated carbocycles. The van der Waals surface area contributed by atoms with Gasteiger partial charge in [-0.2, -0.15) is 5.10 Å². The van der Waals surface area contributed by atoms with Crippen molar-refractivity contribution in [2.45, 2.75) is 6.42 Å². The maximum Gasteiger partial charge on any atom is 0.188 e. The van der Waals surface area contributed by atoms with E-state index in [1.54, 1.807) is 40.3 Å². The Morgan fingerprint density at radius 3 is 2.71 bits per heavy atom. The molecule has 0 radical (unpaired) electrons. The first kappa shape index (κ1) is 21.5. The van der Waals surface area contributed by atoms with E-state index < -0.39 is 5.82 Å². The highest BCUT2D eigenvalue weighted by Crippen LogP contribution is 2.36. The number of allylic oxidation sites excluding steroid dienone is 1. The van der Waals surface area contributed by atoms with Crippen LogP contribution in [0.4, 0.5) is 15.9 Å². The molecule has 0 aliphatic carbocycles. The summed E-state index contributed by atoms with van der Waals surface area (Å²) in [5.74, 6) is 0.510. The largest absolute Gasteiger partial charge is 0.497 e. The van der Waals surface area contributed by atoms with Crippen LogP contribution in [0.25, 0.3) is 22.4 Å². The highest BCUT2D eigenvalue weighted by molar-refractivity contribution is 5.94. The molecule has 0 saturated heterocycles. The van der Waals surface area contributed by atoms with Gasteiger partial charge in [0.15, 0.2) is 17.2 Å². The third kappa shape index (κ3) is 4.05. The maximum absolute atomic E-state index is 15.5. The average Bonchev–Trinajstić information content (AvgIpc) is 3.54. The average molecular weight is 459 g/mol. The van der Waals surface area contributed by atoms with Crippen molar-refractivity contribution >= 4 is 28.4 Å². The van der Waals surface area contributed by atoms with E-state index in [0.29, 0.717) is 41.4 Å². The topological polar surface area (TPSA) is 90.6 Å². The van der Waals surface area contributed by atoms with Crippen LogP contribution >= 0.6 is 0 Å². The second-order valence-corrected chi connectivity index (χ2v) is 7.70. The standard InChI is InChI=1S/C24H22FN7O2/c1-31-13-15(11-28-31)19-12-27-18-6-7-22(30-24(18)29-19)32(14-16-5-4-8-26-16)20-9-17(33-2)10-21(34-3)23(20)25/h4,6-13H,5,14H2,1-3H3. The summed E-state index contributed by atoms with van der Waals surface area (Å²) in [7, 11) is 4.78. The Kier molecular flexibility index (Phi) is 5.62. The number of fused-ring (bicyclic) bond motifs is 1. The number of rotatable bonds is 7. The molecule has 1 aromatic carbocycles. The van der Waals surface area contributed by atoms with Crippen LogP contribution in [-0.2, 0) is 7.05 Å². The number of ether oxygens (including phenoxy) is 2. The number of aliphatic imine (C=N–C) groups is 1. The zero-order valence-electron chi connectivity index (χ0n) is 18.9. The third-order valence-corrected chi connectivity index (χ3v) is 5.47. The Labute approximate surface area is 195 Å². The molecule has 1 aliphatic rings. The lowest BCUT2D eigenvalue weighted by Gasteiger charge is -2.25. The lowest BCUT2D eigenvalue weighted by Crippen LogP contribution is -2.26. The zero-order chi connectivity index (χ0) is 23.7. The first-order valence-electron chi connectivity index (χ1n) is 10.6. The van der Waals surface area contributed by atoms with Crippen molar-refractivity contribution < 1.29 is 13.9 Å². The van der Waals surface area contributed by atoms with E-state index in [0.717, 1.165) is 11.3 Å². The normalized spacial score (nSPS) is 12.8. The first-order valence-corrected chi connectivity index (χ1v) is 10.6. The van der Waals surface area contributed by atoms with Crippen molar-refractivity contribution in [1.82, 2.24) is 24.7 Å². The molecule has 1 aliphatic heterocycles. The maximum atomic E-state index is 15.5. The molecule has 4 heterocycles. The SMILES string of the molecule is COc1cc(OC)c(F)c(N(CC2=NC=CC2)c2ccc3ncc(-c4cnn(C)c4)nc3n2)c1. The molecule has 172 valence electrons. The third-order valence-electron chi connectivity index (χ3n) is 5.47. The van der Waals surface area contributed by atoms with Crippen LogP contribution in [0, 0.1) is 5.82 Å². The number of aryl methyl sites for hydroxylation is 1. The van der Waals surface area contributed by atoms with Gasteiger partial charge in [0.2, 0.25) is 0 Å². The molecule has 0 N–H and O–H groups in total. The highest BCUT2D eigenvalue weighted by Gasteiger charge is 2.23. The molecule has 34 heavy (non-hydrogen) atoms. The number of benzene rings is 1. The van der Waals surface area contributed by atoms with Crippen LogP contribution < -0.4 is 14.4 Å². The minimum absolute atomic E-state index is 0.0743. The van der Waals surface area contributed by atoms with Gasteiger partial charge in [0.1, 0.15) is 17.1 Å². The Hall–Kier alpha value is -4.34. The highest BCUT2D eigenvalue weighted by atomic mass is 19.1. The lowest BCUT2D eigenvalue weighted by atomic mass is 10.2. The van der Waals surface area contributed by atoms with Crippen molar-refractivity contribution in [2.24, 2.45) is 12.0 Å². The summed E-state index contributed by atoms with van der Waals surface area (Å²) >= 11 is 0. The van der Waals surface area contributed by atoms with Gasteiger partial charge in [-0.1, -0.05) is 6.08 Å². The first-order chi connectivity index (χ1) is 16.6. The molecule has 0 amide bonds. The second kappa shape index (κ2) is 8.89. The van der Waals surface area contributed by atoms with Crippen molar-refractivity contribution in [3.05, 3.63) is 60.9 Å². The van der Waals surface area contributed by atoms with E-state index in [1.807, 2.05) is 25.4 Å². The summed E-state index contributed by atoms with van der Waals surface area (Å²) < 4.78 is 27.8. The zero-order valence-corrected chi connectivity index (χ0v) is 18.9. The summed E-state index contributed by atoms with van der Waals surface area (Å²) in [6, 6.07) is 6.72. The molecule has 0 unspecified atom stereocenters. The van der Waals surface area contributed by atoms with Crippen LogP contribution in [0.1, 0.15) is 6.42 Å². The van der Waals surface area contributed by atoms with Crippen molar-refractivity contribution in [3.8, 4) is 22.8 Å². The fourth-order valence-electron chi connectivity index (χ4n) is 3.73. The van der Waals surface area contributed by atoms with Crippen LogP contribution in [0.5, 0.6) is 11.5 Å². The molecular formula is C24H22FN7O2. The minimum Gasteiger partial charge on any atom is -0.497 e. The lowest BCUT2D eigenvalue weighted by molar-refractivity contribution is 0.374. The Morgan fingerprint density at radius 2 is 2.00 bits per heavy atom. The van der Waals surface area contributed by atoms with Crippen molar-refractivity contribution in [1.29, 1.82) is 0 Å². The predicted octanol–water partition coefficient (Wildman–Crippen LogP) is 4.08. The summed E-state index contributed by atoms with van der Waals surface area (Å²) in [4.78, 5) is 20.0. The van der Waals surface area contributed by atoms with E-state index in [-0.39, 0.29) is 11.4 Å². The van der Waals surface area contributed by atoms with E-state index in [4.69, 9.17) is 14.5 Å². The number of anilines is 2. The number of aromatic nitrogens is 5. The number of hydrogen-bond donors (Lipinski definition) is 0. The number of methoxy groups -OCH3 is 2. The molecule has 10 heteroatoms. The van der Waals surface area contributed by atoms with Gasteiger partial charge < -0.3 is 14.4 Å². The van der Waals surface area contributed by atoms with Crippen molar-refractivity contribution in [2.75, 3.05) is 25.7 Å².